The lowest BCUT2D eigenvalue weighted by Crippen LogP contribution is -2.06. The van der Waals surface area contributed by atoms with Crippen molar-refractivity contribution in [2.24, 2.45) is 0 Å². The lowest BCUT2D eigenvalue weighted by molar-refractivity contribution is 0.102. The highest BCUT2D eigenvalue weighted by Gasteiger charge is 2.26. The number of hydrogen-bond donors (Lipinski definition) is 2. The minimum atomic E-state index is -0.125. The van der Waals surface area contributed by atoms with Gasteiger partial charge >= 0.3 is 0 Å². The van der Waals surface area contributed by atoms with E-state index in [0.717, 1.165) is 26.4 Å². The van der Waals surface area contributed by atoms with Crippen molar-refractivity contribution in [1.82, 2.24) is 0 Å². The monoisotopic (exact) mass is 865 g/mol. The molecule has 2 aliphatic heterocycles. The predicted molar refractivity (Wildman–Crippen MR) is 315 cm³/mol. The van der Waals surface area contributed by atoms with Crippen LogP contribution < -0.4 is 0 Å². The summed E-state index contributed by atoms with van der Waals surface area (Å²) >= 11 is 0. The fourth-order valence-electron chi connectivity index (χ4n) is 0.659. The van der Waals surface area contributed by atoms with Crippen molar-refractivity contribution in [3.05, 3.63) is 316 Å². The topological polar surface area (TPSA) is 74.8 Å². The maximum Gasteiger partial charge on any atom is 0.104 e. The van der Waals surface area contributed by atoms with E-state index in [9.17, 15) is 0 Å². The average Bonchev–Trinajstić information content (AvgIpc) is 4.44. The van der Waals surface area contributed by atoms with Gasteiger partial charge in [-0.25, -0.2) is 0 Å². The van der Waals surface area contributed by atoms with Crippen LogP contribution in [0.1, 0.15) is 0 Å². The molecule has 2 unspecified atom stereocenters. The molecule has 2 fully saturated rings. The quantitative estimate of drug-likeness (QED) is 0.213. The Kier molecular flexibility index (Phi) is 5550. The van der Waals surface area contributed by atoms with Gasteiger partial charge in [0, 0.05) is 0 Å². The van der Waals surface area contributed by atoms with Gasteiger partial charge in [-0.15, -0.1) is 316 Å². The maximum atomic E-state index is 7.62. The molecule has 0 aromatic rings. The molecule has 2 saturated heterocycles. The summed E-state index contributed by atoms with van der Waals surface area (Å²) in [5.41, 5.74) is 0. The van der Waals surface area contributed by atoms with E-state index in [4.69, 9.17) is 24.4 Å². The molecule has 2 atom stereocenters. The van der Waals surface area contributed by atoms with Crippen molar-refractivity contribution < 1.29 is 24.4 Å². The third-order valence-electron chi connectivity index (χ3n) is 1.51. The Balaban J connectivity index is -0.0000000110. The van der Waals surface area contributed by atoms with E-state index < -0.39 is 0 Å². The van der Waals surface area contributed by atoms with E-state index in [2.05, 4.69) is 316 Å². The normalized spacial score (nSPS) is 7.77. The van der Waals surface area contributed by atoms with Crippen molar-refractivity contribution in [1.29, 1.82) is 0 Å². The fraction of sp³-hybridized carbons (Fsp3) is 0.143. The number of hydrogen-bond acceptors (Lipinski definition) is 5. The van der Waals surface area contributed by atoms with Crippen LogP contribution in [-0.4, -0.2) is 62.1 Å². The van der Waals surface area contributed by atoms with Crippen molar-refractivity contribution in [2.45, 2.75) is 12.2 Å². The minimum absolute atomic E-state index is 0.125. The Morgan fingerprint density at radius 2 is 0.328 bits per heavy atom. The number of aliphatic hydroxyl groups excluding tert-OH is 2. The molecule has 0 spiro atoms. The van der Waals surface area contributed by atoms with E-state index in [1.165, 1.54) is 0 Å². The molecule has 2 heterocycles. The molecule has 0 radical (unpaired) electrons. The second-order valence-electron chi connectivity index (χ2n) is 2.90. The summed E-state index contributed by atoms with van der Waals surface area (Å²) in [5.74, 6) is 0. The second kappa shape index (κ2) is 2020. The fourth-order valence-corrected chi connectivity index (χ4v) is 0.659. The van der Waals surface area contributed by atoms with Gasteiger partial charge in [0.05, 0.1) is 39.6 Å². The van der Waals surface area contributed by atoms with E-state index in [-0.39, 0.29) is 13.2 Å². The largest absolute Gasteiger partial charge is 0.394 e. The zero-order chi connectivity index (χ0) is 57.5. The Hall–Kier alpha value is -6.44. The molecule has 2 N–H and O–H groups in total. The Bertz CT molecular complexity index is 305. The van der Waals surface area contributed by atoms with E-state index >= 15 is 0 Å². The van der Waals surface area contributed by atoms with Crippen molar-refractivity contribution in [2.75, 3.05) is 39.6 Å². The van der Waals surface area contributed by atoms with Crippen LogP contribution in [0.25, 0.3) is 0 Å². The maximum absolute atomic E-state index is 7.62. The molecule has 0 amide bonds. The van der Waals surface area contributed by atoms with Crippen LogP contribution in [0.5, 0.6) is 0 Å². The highest BCUT2D eigenvalue weighted by molar-refractivity contribution is 4.71. The lowest BCUT2D eigenvalue weighted by Gasteiger charge is -1.95. The van der Waals surface area contributed by atoms with Crippen LogP contribution >= 0.6 is 0 Å². The summed E-state index contributed by atoms with van der Waals surface area (Å²) in [4.78, 5) is 0. The summed E-state index contributed by atoms with van der Waals surface area (Å²) in [5, 5.41) is 15.2. The van der Waals surface area contributed by atoms with Crippen LogP contribution in [0.3, 0.4) is 0 Å². The first kappa shape index (κ1) is 168. The van der Waals surface area contributed by atoms with Gasteiger partial charge in [-0.2, -0.15) is 0 Å². The van der Waals surface area contributed by atoms with E-state index in [1.807, 2.05) is 0 Å². The van der Waals surface area contributed by atoms with Gasteiger partial charge in [0.2, 0.25) is 0 Å². The molecule has 2 rings (SSSR count). The third-order valence-corrected chi connectivity index (χ3v) is 1.51. The van der Waals surface area contributed by atoms with Crippen molar-refractivity contribution >= 4 is 0 Å². The van der Waals surface area contributed by atoms with Crippen LogP contribution in [0.4, 0.5) is 0 Å². The molecular weight excluding hydrogens is 753 g/mol. The summed E-state index contributed by atoms with van der Waals surface area (Å²) in [6.07, 6.45) is 0.785. The van der Waals surface area contributed by atoms with Gasteiger partial charge in [-0.1, -0.05) is 0 Å². The molecule has 5 nitrogen and oxygen atoms in total. The van der Waals surface area contributed by atoms with Gasteiger partial charge in [0.25, 0.3) is 0 Å². The van der Waals surface area contributed by atoms with Crippen molar-refractivity contribution in [3.8, 4) is 0 Å². The molecule has 0 bridgehead atoms. The van der Waals surface area contributed by atoms with Crippen LogP contribution in [0.15, 0.2) is 316 Å². The molecule has 61 heavy (non-hydrogen) atoms. The van der Waals surface area contributed by atoms with Gasteiger partial charge in [-0.05, 0) is 0 Å². The Labute approximate surface area is 390 Å². The van der Waals surface area contributed by atoms with Gasteiger partial charge in [-0.3, -0.25) is 0 Å². The van der Waals surface area contributed by atoms with Gasteiger partial charge in [0.15, 0.2) is 0 Å². The standard InChI is InChI=1S/C6H10O3.C2H6O2.24C2H4/c1(5-3-8-5)7-2-6-4-9-6;3-1-2-4;24*1-2/h5-6H,1-4H2;3-4H,1-2H2;24*1-2H2. The van der Waals surface area contributed by atoms with E-state index in [1.54, 1.807) is 0 Å². The molecule has 0 aromatic heterocycles. The highest BCUT2D eigenvalue weighted by atomic mass is 16.6. The minimum Gasteiger partial charge on any atom is -0.394 e. The molecule has 0 aliphatic carbocycles. The number of ether oxygens (including phenoxy) is 3. The van der Waals surface area contributed by atoms with Crippen molar-refractivity contribution in [3.63, 3.8) is 0 Å². The summed E-state index contributed by atoms with van der Waals surface area (Å²) in [6.45, 7) is 147. The highest BCUT2D eigenvalue weighted by Crippen LogP contribution is 2.12. The first-order chi connectivity index (χ1) is 30.4. The smallest absolute Gasteiger partial charge is 0.104 e. The predicted octanol–water partition coefficient (Wildman–Crippen LogP) is 18.0. The van der Waals surface area contributed by atoms with Gasteiger partial charge in [0.1, 0.15) is 12.2 Å². The van der Waals surface area contributed by atoms with Crippen LogP contribution in [0.2, 0.25) is 0 Å². The Morgan fingerprint density at radius 3 is 0.377 bits per heavy atom. The zero-order valence-electron chi connectivity index (χ0n) is 41.5. The summed E-state index contributed by atoms with van der Waals surface area (Å²) < 4.78 is 15.1. The second-order valence-corrected chi connectivity index (χ2v) is 2.90. The first-order valence-electron chi connectivity index (χ1n) is 16.4. The van der Waals surface area contributed by atoms with E-state index in [0.29, 0.717) is 12.2 Å². The Morgan fingerprint density at radius 1 is 0.246 bits per heavy atom. The van der Waals surface area contributed by atoms with Crippen LogP contribution in [-0.2, 0) is 14.2 Å². The lowest BCUT2D eigenvalue weighted by atomic mass is 10.5. The molecule has 366 valence electrons. The number of rotatable bonds is 5. The molecule has 0 aromatic carbocycles. The third kappa shape index (κ3) is 3310. The average molecular weight is 866 g/mol. The SMILES string of the molecule is C(OCC1CO1)C1CO1.C=C.C=C.C=C.C=C.C=C.C=C.C=C.C=C.C=C.C=C.C=C.C=C.C=C.C=C.C=C.C=C.C=C.C=C.C=C.C=C.C=C.C=C.C=C.C=C.OCCO. The molecule has 5 heteroatoms. The zero-order valence-corrected chi connectivity index (χ0v) is 41.5. The summed E-state index contributed by atoms with van der Waals surface area (Å²) in [7, 11) is 0. The molecule has 0 saturated carbocycles. The number of epoxide rings is 2. The molecule has 2 aliphatic rings. The van der Waals surface area contributed by atoms with Crippen LogP contribution in [0, 0.1) is 0 Å². The summed E-state index contributed by atoms with van der Waals surface area (Å²) in [6, 6.07) is 0. The first-order valence-corrected chi connectivity index (χ1v) is 16.4. The number of aliphatic hydroxyl groups is 2. The van der Waals surface area contributed by atoms with Gasteiger partial charge < -0.3 is 24.4 Å². The molecular formula is C56H112O5.